The molecule has 1 fully saturated rings. The molecule has 0 unspecified atom stereocenters. The second-order valence-corrected chi connectivity index (χ2v) is 5.16. The molecule has 7 heteroatoms. The first kappa shape index (κ1) is 20.3. The van der Waals surface area contributed by atoms with Crippen LogP contribution in [0.15, 0.2) is 0 Å². The number of ether oxygens (including phenoxy) is 1. The average Bonchev–Trinajstić information content (AvgIpc) is 2.78. The molecular formula is C14H28O7. The van der Waals surface area contributed by atoms with Gasteiger partial charge in [-0.3, -0.25) is 4.79 Å². The van der Waals surface area contributed by atoms with E-state index in [0.29, 0.717) is 6.42 Å². The minimum absolute atomic E-state index is 0.00287. The Bertz CT molecular complexity index is 272. The summed E-state index contributed by atoms with van der Waals surface area (Å²) in [5.41, 5.74) is 0. The van der Waals surface area contributed by atoms with Crippen LogP contribution in [0, 0.1) is 0 Å². The van der Waals surface area contributed by atoms with Gasteiger partial charge in [0.1, 0.15) is 24.4 Å². The Morgan fingerprint density at radius 3 is 2.29 bits per heavy atom. The van der Waals surface area contributed by atoms with E-state index in [1.165, 1.54) is 19.3 Å². The fourth-order valence-corrected chi connectivity index (χ4v) is 1.95. The van der Waals surface area contributed by atoms with E-state index in [0.717, 1.165) is 12.8 Å². The van der Waals surface area contributed by atoms with Crippen molar-refractivity contribution in [2.75, 3.05) is 13.2 Å². The predicted octanol–water partition coefficient (Wildman–Crippen LogP) is -0.108. The number of aliphatic hydroxyl groups excluding tert-OH is 4. The average molecular weight is 308 g/mol. The summed E-state index contributed by atoms with van der Waals surface area (Å²) in [7, 11) is 0. The second-order valence-electron chi connectivity index (χ2n) is 5.16. The normalized spacial score (nSPS) is 26.0. The molecule has 0 saturated carbocycles. The lowest BCUT2D eigenvalue weighted by Crippen LogP contribution is -2.40. The summed E-state index contributed by atoms with van der Waals surface area (Å²) < 4.78 is 4.82. The van der Waals surface area contributed by atoms with E-state index < -0.39 is 37.0 Å². The molecule has 4 atom stereocenters. The van der Waals surface area contributed by atoms with Crippen LogP contribution in [0.2, 0.25) is 0 Å². The number of carboxylic acids is 1. The molecule has 0 bridgehead atoms. The molecule has 1 saturated heterocycles. The minimum atomic E-state index is -1.12. The lowest BCUT2D eigenvalue weighted by molar-refractivity contribution is -0.137. The van der Waals surface area contributed by atoms with Gasteiger partial charge in [-0.15, -0.1) is 0 Å². The molecule has 0 spiro atoms. The molecule has 0 aromatic rings. The highest BCUT2D eigenvalue weighted by atomic mass is 16.5. The number of rotatable bonds is 8. The van der Waals surface area contributed by atoms with Crippen LogP contribution in [-0.4, -0.2) is 69.1 Å². The van der Waals surface area contributed by atoms with Gasteiger partial charge in [0, 0.05) is 6.42 Å². The highest BCUT2D eigenvalue weighted by molar-refractivity contribution is 5.66. The standard InChI is InChI=1S/C8H16O2.C6H12O5/c1-2-3-4-5-6-7-8(9)10;7-1-3(8)6-5(10)4(9)2-11-6/h2-7H2,1H3,(H,9,10);3-10H,1-2H2/t;3-,4+,5-,6-/m.1/s1. The number of carboxylic acid groups (broad SMARTS) is 1. The van der Waals surface area contributed by atoms with E-state index >= 15 is 0 Å². The van der Waals surface area contributed by atoms with Gasteiger partial charge in [-0.2, -0.15) is 0 Å². The molecule has 7 nitrogen and oxygen atoms in total. The molecule has 21 heavy (non-hydrogen) atoms. The Morgan fingerprint density at radius 1 is 1.24 bits per heavy atom. The van der Waals surface area contributed by atoms with Crippen LogP contribution >= 0.6 is 0 Å². The molecule has 1 heterocycles. The molecule has 0 aliphatic carbocycles. The summed E-state index contributed by atoms with van der Waals surface area (Å²) in [5.74, 6) is -0.670. The Balaban J connectivity index is 0.000000384. The van der Waals surface area contributed by atoms with Crippen molar-refractivity contribution in [3.63, 3.8) is 0 Å². The van der Waals surface area contributed by atoms with E-state index in [1.54, 1.807) is 0 Å². The maximum Gasteiger partial charge on any atom is 0.303 e. The predicted molar refractivity (Wildman–Crippen MR) is 75.9 cm³/mol. The van der Waals surface area contributed by atoms with Crippen molar-refractivity contribution in [1.82, 2.24) is 0 Å². The number of aliphatic hydroxyl groups is 4. The third-order valence-corrected chi connectivity index (χ3v) is 3.25. The first-order valence-electron chi connectivity index (χ1n) is 7.42. The van der Waals surface area contributed by atoms with Crippen molar-refractivity contribution in [3.05, 3.63) is 0 Å². The van der Waals surface area contributed by atoms with E-state index in [4.69, 9.17) is 30.3 Å². The van der Waals surface area contributed by atoms with E-state index in [9.17, 15) is 4.79 Å². The third-order valence-electron chi connectivity index (χ3n) is 3.25. The summed E-state index contributed by atoms with van der Waals surface area (Å²) in [6, 6.07) is 0. The molecular weight excluding hydrogens is 280 g/mol. The molecule has 5 N–H and O–H groups in total. The van der Waals surface area contributed by atoms with E-state index in [1.807, 2.05) is 0 Å². The number of hydrogen-bond donors (Lipinski definition) is 5. The molecule has 0 radical (unpaired) electrons. The molecule has 1 aliphatic heterocycles. The lowest BCUT2D eigenvalue weighted by Gasteiger charge is -2.18. The van der Waals surface area contributed by atoms with Gasteiger partial charge in [-0.05, 0) is 6.42 Å². The zero-order valence-electron chi connectivity index (χ0n) is 12.5. The first-order chi connectivity index (χ1) is 9.93. The van der Waals surface area contributed by atoms with Crippen molar-refractivity contribution >= 4 is 5.97 Å². The van der Waals surface area contributed by atoms with Gasteiger partial charge in [0.2, 0.25) is 0 Å². The second kappa shape index (κ2) is 11.9. The smallest absolute Gasteiger partial charge is 0.303 e. The van der Waals surface area contributed by atoms with Crippen LogP contribution in [0.4, 0.5) is 0 Å². The van der Waals surface area contributed by atoms with Crippen molar-refractivity contribution in [2.24, 2.45) is 0 Å². The van der Waals surface area contributed by atoms with Crippen molar-refractivity contribution < 1.29 is 35.1 Å². The fraction of sp³-hybridized carbons (Fsp3) is 0.929. The monoisotopic (exact) mass is 308 g/mol. The molecule has 1 rings (SSSR count). The summed E-state index contributed by atoms with van der Waals surface area (Å²) >= 11 is 0. The zero-order chi connectivity index (χ0) is 16.3. The summed E-state index contributed by atoms with van der Waals surface area (Å²) in [4.78, 5) is 10.0. The number of aliphatic carboxylic acids is 1. The summed E-state index contributed by atoms with van der Waals surface area (Å²) in [6.07, 6.45) is 1.84. The van der Waals surface area contributed by atoms with Crippen LogP contribution < -0.4 is 0 Å². The van der Waals surface area contributed by atoms with Gasteiger partial charge in [-0.1, -0.05) is 32.6 Å². The fourth-order valence-electron chi connectivity index (χ4n) is 1.95. The highest BCUT2D eigenvalue weighted by Gasteiger charge is 2.38. The number of carbonyl (C=O) groups is 1. The van der Waals surface area contributed by atoms with Crippen molar-refractivity contribution in [1.29, 1.82) is 0 Å². The van der Waals surface area contributed by atoms with Crippen LogP contribution in [0.25, 0.3) is 0 Å². The number of unbranched alkanes of at least 4 members (excludes halogenated alkanes) is 4. The zero-order valence-corrected chi connectivity index (χ0v) is 12.5. The van der Waals surface area contributed by atoms with Gasteiger partial charge in [0.05, 0.1) is 13.2 Å². The first-order valence-corrected chi connectivity index (χ1v) is 7.42. The Hall–Kier alpha value is -0.730. The third kappa shape index (κ3) is 9.00. The largest absolute Gasteiger partial charge is 0.481 e. The molecule has 0 aromatic heterocycles. The van der Waals surface area contributed by atoms with Crippen LogP contribution in [0.3, 0.4) is 0 Å². The Kier molecular flexibility index (Phi) is 11.5. The van der Waals surface area contributed by atoms with E-state index in [-0.39, 0.29) is 6.61 Å². The highest BCUT2D eigenvalue weighted by Crippen LogP contribution is 2.16. The Labute approximate surface area is 125 Å². The topological polar surface area (TPSA) is 127 Å². The molecule has 126 valence electrons. The van der Waals surface area contributed by atoms with Crippen LogP contribution in [0.1, 0.15) is 45.4 Å². The van der Waals surface area contributed by atoms with Gasteiger partial charge in [-0.25, -0.2) is 0 Å². The van der Waals surface area contributed by atoms with Crippen LogP contribution in [0.5, 0.6) is 0 Å². The SMILES string of the molecule is CCCCCCCC(=O)O.OC[C@@H](O)[C@H]1OC[C@H](O)[C@H]1O. The summed E-state index contributed by atoms with van der Waals surface area (Å²) in [5, 5.41) is 43.8. The van der Waals surface area contributed by atoms with E-state index in [2.05, 4.69) is 6.92 Å². The Morgan fingerprint density at radius 2 is 1.86 bits per heavy atom. The maximum atomic E-state index is 10.0. The molecule has 0 aromatic carbocycles. The van der Waals surface area contributed by atoms with Gasteiger partial charge in [0.25, 0.3) is 0 Å². The quantitative estimate of drug-likeness (QED) is 0.396. The summed E-state index contributed by atoms with van der Waals surface area (Å²) in [6.45, 7) is 1.68. The number of hydrogen-bond acceptors (Lipinski definition) is 6. The minimum Gasteiger partial charge on any atom is -0.481 e. The van der Waals surface area contributed by atoms with Crippen molar-refractivity contribution in [2.45, 2.75) is 69.9 Å². The molecule has 1 aliphatic rings. The van der Waals surface area contributed by atoms with Crippen molar-refractivity contribution in [3.8, 4) is 0 Å². The lowest BCUT2D eigenvalue weighted by atomic mass is 10.1. The van der Waals surface area contributed by atoms with Gasteiger partial charge in [0.15, 0.2) is 0 Å². The van der Waals surface area contributed by atoms with Gasteiger partial charge < -0.3 is 30.3 Å². The van der Waals surface area contributed by atoms with Crippen LogP contribution in [-0.2, 0) is 9.53 Å². The maximum absolute atomic E-state index is 10.0. The van der Waals surface area contributed by atoms with Gasteiger partial charge >= 0.3 is 5.97 Å². The molecule has 0 amide bonds.